The minimum atomic E-state index is -0.873. The topological polar surface area (TPSA) is 72.7 Å². The zero-order valence-corrected chi connectivity index (χ0v) is 12.0. The lowest BCUT2D eigenvalue weighted by molar-refractivity contribution is -0.386. The monoisotopic (exact) mass is 296 g/mol. The largest absolute Gasteiger partial charge is 0.466 e. The molecule has 1 atom stereocenters. The lowest BCUT2D eigenvalue weighted by atomic mass is 9.90. The van der Waals surface area contributed by atoms with Gasteiger partial charge < -0.3 is 9.64 Å². The molecule has 1 heterocycles. The van der Waals surface area contributed by atoms with Gasteiger partial charge in [0.25, 0.3) is 0 Å². The first kappa shape index (κ1) is 15.2. The minimum Gasteiger partial charge on any atom is -0.466 e. The number of nitrogens with zero attached hydrogens (tertiary/aromatic N) is 2. The van der Waals surface area contributed by atoms with Crippen LogP contribution in [0.5, 0.6) is 0 Å². The summed E-state index contributed by atoms with van der Waals surface area (Å²) >= 11 is 0. The second kappa shape index (κ2) is 5.67. The zero-order valence-electron chi connectivity index (χ0n) is 12.0. The number of anilines is 1. The summed E-state index contributed by atoms with van der Waals surface area (Å²) in [5.41, 5.74) is -1.07. The van der Waals surface area contributed by atoms with Crippen LogP contribution < -0.4 is 4.90 Å². The van der Waals surface area contributed by atoms with Crippen LogP contribution in [-0.4, -0.2) is 30.6 Å². The minimum absolute atomic E-state index is 0.202. The van der Waals surface area contributed by atoms with Gasteiger partial charge >= 0.3 is 11.7 Å². The van der Waals surface area contributed by atoms with Gasteiger partial charge in [0.2, 0.25) is 5.82 Å². The summed E-state index contributed by atoms with van der Waals surface area (Å²) in [5, 5.41) is 11.0. The Kier molecular flexibility index (Phi) is 4.11. The lowest BCUT2D eigenvalue weighted by Crippen LogP contribution is -2.33. The molecule has 1 unspecified atom stereocenters. The molecule has 1 aliphatic heterocycles. The average Bonchev–Trinajstić information content (AvgIpc) is 2.82. The number of carbonyl (C=O) groups is 1. The van der Waals surface area contributed by atoms with Crippen LogP contribution in [0.1, 0.15) is 20.3 Å². The number of halogens is 1. The van der Waals surface area contributed by atoms with Gasteiger partial charge in [-0.1, -0.05) is 6.07 Å². The molecule has 7 heteroatoms. The van der Waals surface area contributed by atoms with Gasteiger partial charge in [0, 0.05) is 13.1 Å². The molecular formula is C14H17FN2O4. The molecule has 114 valence electrons. The second-order valence-corrected chi connectivity index (χ2v) is 5.32. The highest BCUT2D eigenvalue weighted by Gasteiger charge is 2.43. The molecule has 1 saturated heterocycles. The van der Waals surface area contributed by atoms with Crippen molar-refractivity contribution < 1.29 is 18.8 Å². The summed E-state index contributed by atoms with van der Waals surface area (Å²) in [6.45, 7) is 4.49. The molecule has 6 nitrogen and oxygen atoms in total. The molecule has 0 radical (unpaired) electrons. The van der Waals surface area contributed by atoms with E-state index in [4.69, 9.17) is 4.74 Å². The van der Waals surface area contributed by atoms with Crippen LogP contribution in [0.4, 0.5) is 15.8 Å². The van der Waals surface area contributed by atoms with E-state index in [-0.39, 0.29) is 24.8 Å². The van der Waals surface area contributed by atoms with E-state index in [9.17, 15) is 19.3 Å². The molecule has 0 saturated carbocycles. The maximum atomic E-state index is 13.7. The number of hydrogen-bond donors (Lipinski definition) is 0. The summed E-state index contributed by atoms with van der Waals surface area (Å²) in [4.78, 5) is 24.0. The number of nitro benzene ring substituents is 1. The highest BCUT2D eigenvalue weighted by Crippen LogP contribution is 2.39. The number of carbonyl (C=O) groups excluding carboxylic acids is 1. The third-order valence-corrected chi connectivity index (χ3v) is 3.73. The number of hydrogen-bond acceptors (Lipinski definition) is 5. The van der Waals surface area contributed by atoms with Crippen molar-refractivity contribution in [3.05, 3.63) is 34.1 Å². The molecule has 1 aromatic carbocycles. The maximum Gasteiger partial charge on any atom is 0.327 e. The average molecular weight is 296 g/mol. The summed E-state index contributed by atoms with van der Waals surface area (Å²) < 4.78 is 18.7. The van der Waals surface area contributed by atoms with Crippen LogP contribution in [0.2, 0.25) is 0 Å². The van der Waals surface area contributed by atoms with E-state index in [1.165, 1.54) is 12.1 Å². The van der Waals surface area contributed by atoms with Crippen molar-refractivity contribution in [2.75, 3.05) is 24.6 Å². The van der Waals surface area contributed by atoms with Crippen LogP contribution >= 0.6 is 0 Å². The molecule has 21 heavy (non-hydrogen) atoms. The Bertz CT molecular complexity index is 578. The molecule has 0 aromatic heterocycles. The lowest BCUT2D eigenvalue weighted by Gasteiger charge is -2.23. The van der Waals surface area contributed by atoms with Gasteiger partial charge in [0.1, 0.15) is 5.69 Å². The summed E-state index contributed by atoms with van der Waals surface area (Å²) in [6.07, 6.45) is 0.513. The van der Waals surface area contributed by atoms with E-state index in [1.54, 1.807) is 18.7 Å². The Balaban J connectivity index is 2.28. The number of benzene rings is 1. The summed E-state index contributed by atoms with van der Waals surface area (Å²) in [6, 6.07) is 3.98. The van der Waals surface area contributed by atoms with Gasteiger partial charge in [-0.05, 0) is 32.4 Å². The van der Waals surface area contributed by atoms with Gasteiger partial charge in [-0.25, -0.2) is 0 Å². The quantitative estimate of drug-likeness (QED) is 0.485. The molecule has 1 aliphatic rings. The van der Waals surface area contributed by atoms with Crippen molar-refractivity contribution in [3.8, 4) is 0 Å². The summed E-state index contributed by atoms with van der Waals surface area (Å²) in [7, 11) is 0. The molecule has 0 amide bonds. The van der Waals surface area contributed by atoms with Crippen molar-refractivity contribution in [2.45, 2.75) is 20.3 Å². The first-order chi connectivity index (χ1) is 9.89. The van der Waals surface area contributed by atoms with Gasteiger partial charge in [-0.2, -0.15) is 4.39 Å². The number of nitro groups is 1. The zero-order chi connectivity index (χ0) is 15.6. The third-order valence-electron chi connectivity index (χ3n) is 3.73. The Labute approximate surface area is 121 Å². The predicted molar refractivity (Wildman–Crippen MR) is 74.6 cm³/mol. The molecule has 0 bridgehead atoms. The van der Waals surface area contributed by atoms with Gasteiger partial charge in [-0.15, -0.1) is 0 Å². The number of rotatable bonds is 4. The van der Waals surface area contributed by atoms with Crippen LogP contribution in [0.15, 0.2) is 18.2 Å². The Morgan fingerprint density at radius 1 is 1.57 bits per heavy atom. The molecule has 0 aliphatic carbocycles. The molecule has 0 N–H and O–H groups in total. The molecular weight excluding hydrogens is 279 g/mol. The summed E-state index contributed by atoms with van der Waals surface area (Å²) in [5.74, 6) is -1.20. The van der Waals surface area contributed by atoms with Gasteiger partial charge in [0.15, 0.2) is 0 Å². The fraction of sp³-hybridized carbons (Fsp3) is 0.500. The van der Waals surface area contributed by atoms with Crippen molar-refractivity contribution in [3.63, 3.8) is 0 Å². The van der Waals surface area contributed by atoms with Crippen LogP contribution in [0, 0.1) is 21.3 Å². The van der Waals surface area contributed by atoms with Crippen molar-refractivity contribution in [1.29, 1.82) is 0 Å². The first-order valence-electron chi connectivity index (χ1n) is 6.74. The smallest absolute Gasteiger partial charge is 0.327 e. The molecule has 0 spiro atoms. The van der Waals surface area contributed by atoms with E-state index >= 15 is 0 Å². The Morgan fingerprint density at radius 2 is 2.29 bits per heavy atom. The molecule has 2 rings (SSSR count). The van der Waals surface area contributed by atoms with Crippen LogP contribution in [-0.2, 0) is 9.53 Å². The fourth-order valence-corrected chi connectivity index (χ4v) is 2.58. The Hall–Kier alpha value is -2.18. The van der Waals surface area contributed by atoms with Gasteiger partial charge in [-0.3, -0.25) is 14.9 Å². The Morgan fingerprint density at radius 3 is 2.90 bits per heavy atom. The maximum absolute atomic E-state index is 13.7. The standard InChI is InChI=1S/C14H17FN2O4/c1-3-21-13(18)14(2)7-8-16(9-14)11-6-4-5-10(15)12(11)17(19)20/h4-6H,3,7-9H2,1-2H3. The highest BCUT2D eigenvalue weighted by atomic mass is 19.1. The van der Waals surface area contributed by atoms with Gasteiger partial charge in [0.05, 0.1) is 16.9 Å². The van der Waals surface area contributed by atoms with E-state index in [0.717, 1.165) is 6.07 Å². The fourth-order valence-electron chi connectivity index (χ4n) is 2.58. The van der Waals surface area contributed by atoms with E-state index in [0.29, 0.717) is 13.0 Å². The highest BCUT2D eigenvalue weighted by molar-refractivity contribution is 5.79. The number of ether oxygens (including phenoxy) is 1. The third kappa shape index (κ3) is 2.81. The van der Waals surface area contributed by atoms with Crippen LogP contribution in [0.25, 0.3) is 0 Å². The molecule has 1 aromatic rings. The normalized spacial score (nSPS) is 21.4. The second-order valence-electron chi connectivity index (χ2n) is 5.32. The molecule has 1 fully saturated rings. The SMILES string of the molecule is CCOC(=O)C1(C)CCN(c2cccc(F)c2[N+](=O)[O-])C1. The van der Waals surface area contributed by atoms with E-state index < -0.39 is 21.8 Å². The number of para-hydroxylation sites is 1. The number of esters is 1. The first-order valence-corrected chi connectivity index (χ1v) is 6.74. The van der Waals surface area contributed by atoms with Crippen molar-refractivity contribution in [2.24, 2.45) is 5.41 Å². The van der Waals surface area contributed by atoms with Crippen molar-refractivity contribution >= 4 is 17.3 Å². The predicted octanol–water partition coefficient (Wildman–Crippen LogP) is 2.51. The van der Waals surface area contributed by atoms with Crippen molar-refractivity contribution in [1.82, 2.24) is 0 Å². The van der Waals surface area contributed by atoms with E-state index in [2.05, 4.69) is 0 Å². The van der Waals surface area contributed by atoms with E-state index in [1.807, 2.05) is 0 Å². The van der Waals surface area contributed by atoms with Crippen LogP contribution in [0.3, 0.4) is 0 Å².